The van der Waals surface area contributed by atoms with Crippen molar-refractivity contribution in [1.29, 1.82) is 0 Å². The largest absolute Gasteiger partial charge is 0.419 e. The molecule has 4 nitrogen and oxygen atoms in total. The first kappa shape index (κ1) is 17.4. The Hall–Kier alpha value is -3.40. The number of aryl methyl sites for hydroxylation is 1. The van der Waals surface area contributed by atoms with E-state index in [1.165, 1.54) is 4.90 Å². The topological polar surface area (TPSA) is 46.6 Å². The van der Waals surface area contributed by atoms with Gasteiger partial charge in [-0.05, 0) is 43.3 Å². The summed E-state index contributed by atoms with van der Waals surface area (Å²) in [6.07, 6.45) is -0.490. The number of carbonyl (C=O) groups excluding carboxylic acids is 2. The summed E-state index contributed by atoms with van der Waals surface area (Å²) in [6, 6.07) is 23.2. The summed E-state index contributed by atoms with van der Waals surface area (Å²) in [5, 5.41) is 0. The van der Waals surface area contributed by atoms with Gasteiger partial charge >= 0.3 is 6.09 Å². The molecule has 0 bridgehead atoms. The Labute approximate surface area is 152 Å². The number of rotatable bonds is 4. The molecule has 0 aliphatic heterocycles. The molecule has 3 rings (SSSR count). The number of ether oxygens (including phenoxy) is 1. The molecule has 0 unspecified atom stereocenters. The van der Waals surface area contributed by atoms with Crippen molar-refractivity contribution >= 4 is 17.6 Å². The van der Waals surface area contributed by atoms with E-state index in [1.807, 2.05) is 49.4 Å². The number of amides is 1. The van der Waals surface area contributed by atoms with Crippen LogP contribution in [0.1, 0.15) is 21.5 Å². The molecule has 3 aromatic carbocycles. The van der Waals surface area contributed by atoms with E-state index in [9.17, 15) is 9.59 Å². The predicted octanol–water partition coefficient (Wildman–Crippen LogP) is 4.86. The fourth-order valence-electron chi connectivity index (χ4n) is 2.47. The number of ketones is 1. The van der Waals surface area contributed by atoms with Gasteiger partial charge < -0.3 is 4.74 Å². The van der Waals surface area contributed by atoms with Crippen molar-refractivity contribution in [2.75, 3.05) is 11.9 Å². The lowest BCUT2D eigenvalue weighted by molar-refractivity contribution is 0.103. The summed E-state index contributed by atoms with van der Waals surface area (Å²) in [5.74, 6) is 0.318. The van der Waals surface area contributed by atoms with Crippen molar-refractivity contribution in [3.05, 3.63) is 95.6 Å². The highest BCUT2D eigenvalue weighted by Gasteiger charge is 2.14. The molecule has 0 fully saturated rings. The normalized spacial score (nSPS) is 10.2. The van der Waals surface area contributed by atoms with E-state index in [4.69, 9.17) is 4.74 Å². The molecular formula is C22H19NO3. The second-order valence-electron chi connectivity index (χ2n) is 5.98. The van der Waals surface area contributed by atoms with Gasteiger partial charge in [-0.1, -0.05) is 48.0 Å². The summed E-state index contributed by atoms with van der Waals surface area (Å²) in [5.41, 5.74) is 3.03. The van der Waals surface area contributed by atoms with E-state index >= 15 is 0 Å². The molecule has 0 saturated carbocycles. The summed E-state index contributed by atoms with van der Waals surface area (Å²) >= 11 is 0. The van der Waals surface area contributed by atoms with Crippen LogP contribution in [0.15, 0.2) is 78.9 Å². The Kier molecular flexibility index (Phi) is 5.13. The van der Waals surface area contributed by atoms with Crippen LogP contribution in [0.25, 0.3) is 0 Å². The zero-order valence-electron chi connectivity index (χ0n) is 14.7. The maximum atomic E-state index is 12.4. The Balaban J connectivity index is 1.68. The van der Waals surface area contributed by atoms with Crippen LogP contribution in [-0.2, 0) is 0 Å². The van der Waals surface area contributed by atoms with E-state index in [-0.39, 0.29) is 5.78 Å². The monoisotopic (exact) mass is 345 g/mol. The third-order valence-corrected chi connectivity index (χ3v) is 4.05. The lowest BCUT2D eigenvalue weighted by Gasteiger charge is -2.17. The number of benzene rings is 3. The third-order valence-electron chi connectivity index (χ3n) is 4.05. The highest BCUT2D eigenvalue weighted by Crippen LogP contribution is 2.19. The van der Waals surface area contributed by atoms with Crippen LogP contribution in [0.2, 0.25) is 0 Å². The van der Waals surface area contributed by atoms with Gasteiger partial charge in [-0.25, -0.2) is 4.79 Å². The van der Waals surface area contributed by atoms with Crippen LogP contribution < -0.4 is 9.64 Å². The van der Waals surface area contributed by atoms with Gasteiger partial charge in [0.05, 0.1) is 0 Å². The molecule has 0 aliphatic rings. The van der Waals surface area contributed by atoms with Crippen LogP contribution >= 0.6 is 0 Å². The first-order valence-corrected chi connectivity index (χ1v) is 8.26. The molecule has 0 aliphatic carbocycles. The third kappa shape index (κ3) is 3.98. The van der Waals surface area contributed by atoms with Gasteiger partial charge in [-0.2, -0.15) is 0 Å². The van der Waals surface area contributed by atoms with Crippen molar-refractivity contribution in [2.24, 2.45) is 0 Å². The Morgan fingerprint density at radius 1 is 0.769 bits per heavy atom. The van der Waals surface area contributed by atoms with Crippen LogP contribution in [0.4, 0.5) is 10.5 Å². The zero-order valence-corrected chi connectivity index (χ0v) is 14.7. The number of anilines is 1. The molecular weight excluding hydrogens is 326 g/mol. The van der Waals surface area contributed by atoms with E-state index in [0.29, 0.717) is 16.9 Å². The number of carbonyl (C=O) groups is 2. The minimum absolute atomic E-state index is 0.0692. The van der Waals surface area contributed by atoms with Crippen molar-refractivity contribution in [1.82, 2.24) is 0 Å². The molecule has 130 valence electrons. The van der Waals surface area contributed by atoms with Crippen molar-refractivity contribution in [3.63, 3.8) is 0 Å². The second kappa shape index (κ2) is 7.66. The molecule has 0 spiro atoms. The Bertz CT molecular complexity index is 900. The zero-order chi connectivity index (χ0) is 18.5. The van der Waals surface area contributed by atoms with Crippen molar-refractivity contribution in [2.45, 2.75) is 6.92 Å². The van der Waals surface area contributed by atoms with Gasteiger partial charge in [0.25, 0.3) is 0 Å². The van der Waals surface area contributed by atoms with Gasteiger partial charge in [-0.15, -0.1) is 0 Å². The average Bonchev–Trinajstić information content (AvgIpc) is 2.68. The highest BCUT2D eigenvalue weighted by molar-refractivity contribution is 6.09. The minimum atomic E-state index is -0.490. The van der Waals surface area contributed by atoms with E-state index in [0.717, 1.165) is 11.3 Å². The lowest BCUT2D eigenvalue weighted by Crippen LogP contribution is -2.29. The minimum Gasteiger partial charge on any atom is -0.410 e. The van der Waals surface area contributed by atoms with Crippen LogP contribution in [0, 0.1) is 6.92 Å². The van der Waals surface area contributed by atoms with E-state index in [1.54, 1.807) is 43.4 Å². The van der Waals surface area contributed by atoms with Crippen LogP contribution in [0.3, 0.4) is 0 Å². The summed E-state index contributed by atoms with van der Waals surface area (Å²) in [4.78, 5) is 26.1. The smallest absolute Gasteiger partial charge is 0.410 e. The highest BCUT2D eigenvalue weighted by atomic mass is 16.6. The molecule has 0 radical (unpaired) electrons. The number of hydrogen-bond acceptors (Lipinski definition) is 3. The lowest BCUT2D eigenvalue weighted by atomic mass is 10.0. The molecule has 0 heterocycles. The van der Waals surface area contributed by atoms with Gasteiger partial charge in [-0.3, -0.25) is 9.69 Å². The summed E-state index contributed by atoms with van der Waals surface area (Å²) in [7, 11) is 1.65. The Morgan fingerprint density at radius 3 is 1.96 bits per heavy atom. The van der Waals surface area contributed by atoms with E-state index in [2.05, 4.69) is 0 Å². The number of nitrogens with zero attached hydrogens (tertiary/aromatic N) is 1. The second-order valence-corrected chi connectivity index (χ2v) is 5.98. The van der Waals surface area contributed by atoms with Gasteiger partial charge in [0.1, 0.15) is 5.75 Å². The molecule has 4 heteroatoms. The molecule has 0 N–H and O–H groups in total. The first-order valence-electron chi connectivity index (χ1n) is 8.26. The summed E-state index contributed by atoms with van der Waals surface area (Å²) < 4.78 is 5.38. The molecule has 0 saturated heterocycles. The maximum absolute atomic E-state index is 12.4. The van der Waals surface area contributed by atoms with E-state index < -0.39 is 6.09 Å². The average molecular weight is 345 g/mol. The molecule has 0 atom stereocenters. The van der Waals surface area contributed by atoms with Gasteiger partial charge in [0, 0.05) is 23.9 Å². The molecule has 26 heavy (non-hydrogen) atoms. The fourth-order valence-corrected chi connectivity index (χ4v) is 2.47. The first-order chi connectivity index (χ1) is 12.5. The molecule has 1 amide bonds. The quantitative estimate of drug-likeness (QED) is 0.634. The predicted molar refractivity (Wildman–Crippen MR) is 102 cm³/mol. The standard InChI is InChI=1S/C22H19NO3/c1-16-8-12-19(13-9-16)23(2)22(25)26-20-14-10-18(11-15-20)21(24)17-6-4-3-5-7-17/h3-15H,1-2H3. The maximum Gasteiger partial charge on any atom is 0.419 e. The summed E-state index contributed by atoms with van der Waals surface area (Å²) in [6.45, 7) is 1.99. The fraction of sp³-hybridized carbons (Fsp3) is 0.0909. The van der Waals surface area contributed by atoms with Gasteiger partial charge in [0.15, 0.2) is 5.78 Å². The van der Waals surface area contributed by atoms with Crippen LogP contribution in [-0.4, -0.2) is 18.9 Å². The number of hydrogen-bond donors (Lipinski definition) is 0. The molecule has 0 aromatic heterocycles. The van der Waals surface area contributed by atoms with Crippen molar-refractivity contribution < 1.29 is 14.3 Å². The van der Waals surface area contributed by atoms with Crippen molar-refractivity contribution in [3.8, 4) is 5.75 Å². The Morgan fingerprint density at radius 2 is 1.35 bits per heavy atom. The van der Waals surface area contributed by atoms with Gasteiger partial charge in [0.2, 0.25) is 0 Å². The SMILES string of the molecule is Cc1ccc(N(C)C(=O)Oc2ccc(C(=O)c3ccccc3)cc2)cc1. The molecule has 3 aromatic rings. The van der Waals surface area contributed by atoms with Crippen LogP contribution in [0.5, 0.6) is 5.75 Å².